The van der Waals surface area contributed by atoms with Gasteiger partial charge >= 0.3 is 12.1 Å². The summed E-state index contributed by atoms with van der Waals surface area (Å²) in [6.07, 6.45) is -4.42. The van der Waals surface area contributed by atoms with Crippen LogP contribution in [0.5, 0.6) is 0 Å². The molecule has 1 aliphatic rings. The van der Waals surface area contributed by atoms with Gasteiger partial charge in [0.25, 0.3) is 0 Å². The Labute approximate surface area is 106 Å². The summed E-state index contributed by atoms with van der Waals surface area (Å²) in [7, 11) is 0. The molecule has 2 heterocycles. The Morgan fingerprint density at radius 1 is 1.53 bits per heavy atom. The van der Waals surface area contributed by atoms with Crippen molar-refractivity contribution in [3.63, 3.8) is 0 Å². The fourth-order valence-electron chi connectivity index (χ4n) is 1.86. The summed E-state index contributed by atoms with van der Waals surface area (Å²) in [5, 5.41) is 8.84. The predicted molar refractivity (Wildman–Crippen MR) is 58.8 cm³/mol. The second-order valence-electron chi connectivity index (χ2n) is 4.02. The molecule has 1 saturated heterocycles. The van der Waals surface area contributed by atoms with E-state index in [1.807, 2.05) is 0 Å². The van der Waals surface area contributed by atoms with Crippen molar-refractivity contribution in [2.45, 2.75) is 12.3 Å². The zero-order valence-corrected chi connectivity index (χ0v) is 9.72. The molecule has 1 aromatic rings. The molecule has 1 aromatic heterocycles. The van der Waals surface area contributed by atoms with E-state index in [0.29, 0.717) is 0 Å². The molecule has 5 nitrogen and oxygen atoms in total. The number of pyridine rings is 1. The average molecular weight is 276 g/mol. The summed E-state index contributed by atoms with van der Waals surface area (Å²) >= 11 is 0. The van der Waals surface area contributed by atoms with Gasteiger partial charge in [0.15, 0.2) is 6.10 Å². The van der Waals surface area contributed by atoms with Crippen LogP contribution in [0, 0.1) is 0 Å². The van der Waals surface area contributed by atoms with E-state index in [4.69, 9.17) is 9.84 Å². The van der Waals surface area contributed by atoms with Gasteiger partial charge < -0.3 is 14.7 Å². The Balaban J connectivity index is 2.29. The van der Waals surface area contributed by atoms with E-state index in [0.717, 1.165) is 6.07 Å². The van der Waals surface area contributed by atoms with E-state index in [-0.39, 0.29) is 25.5 Å². The third-order valence-corrected chi connectivity index (χ3v) is 2.73. The fourth-order valence-corrected chi connectivity index (χ4v) is 1.86. The number of morpholine rings is 1. The first-order valence-corrected chi connectivity index (χ1v) is 5.51. The number of carbonyl (C=O) groups is 1. The van der Waals surface area contributed by atoms with Gasteiger partial charge in [-0.15, -0.1) is 0 Å². The highest BCUT2D eigenvalue weighted by Crippen LogP contribution is 2.35. The van der Waals surface area contributed by atoms with Crippen LogP contribution in [0.4, 0.5) is 19.0 Å². The van der Waals surface area contributed by atoms with Gasteiger partial charge in [0.2, 0.25) is 0 Å². The van der Waals surface area contributed by atoms with E-state index < -0.39 is 23.8 Å². The van der Waals surface area contributed by atoms with Gasteiger partial charge in [-0.05, 0) is 12.1 Å². The molecule has 1 N–H and O–H groups in total. The summed E-state index contributed by atoms with van der Waals surface area (Å²) in [5.41, 5.74) is -0.874. The lowest BCUT2D eigenvalue weighted by atomic mass is 10.2. The number of halogens is 3. The minimum atomic E-state index is -4.53. The lowest BCUT2D eigenvalue weighted by Crippen LogP contribution is -2.47. The number of rotatable bonds is 2. The Hall–Kier alpha value is -1.83. The molecule has 0 saturated carbocycles. The zero-order valence-electron chi connectivity index (χ0n) is 9.72. The zero-order chi connectivity index (χ0) is 14.0. The fraction of sp³-hybridized carbons (Fsp3) is 0.455. The minimum absolute atomic E-state index is 0.0465. The van der Waals surface area contributed by atoms with Crippen LogP contribution in [0.3, 0.4) is 0 Å². The molecule has 2 rings (SSSR count). The van der Waals surface area contributed by atoms with Gasteiger partial charge in [-0.3, -0.25) is 0 Å². The molecule has 104 valence electrons. The SMILES string of the molecule is O=C(O)[C@H]1CN(c2ncccc2C(F)(F)F)CCO1. The lowest BCUT2D eigenvalue weighted by Gasteiger charge is -2.33. The van der Waals surface area contributed by atoms with E-state index in [9.17, 15) is 18.0 Å². The Bertz CT molecular complexity index is 478. The van der Waals surface area contributed by atoms with E-state index in [2.05, 4.69) is 4.98 Å². The molecule has 1 aliphatic heterocycles. The van der Waals surface area contributed by atoms with Crippen LogP contribution < -0.4 is 4.90 Å². The number of hydrogen-bond donors (Lipinski definition) is 1. The van der Waals surface area contributed by atoms with Crippen LogP contribution in [0.1, 0.15) is 5.56 Å². The topological polar surface area (TPSA) is 62.7 Å². The molecule has 19 heavy (non-hydrogen) atoms. The van der Waals surface area contributed by atoms with Gasteiger partial charge in [-0.25, -0.2) is 9.78 Å². The molecule has 1 fully saturated rings. The summed E-state index contributed by atoms with van der Waals surface area (Å²) < 4.78 is 43.5. The molecular weight excluding hydrogens is 265 g/mol. The number of aromatic nitrogens is 1. The summed E-state index contributed by atoms with van der Waals surface area (Å²) in [6, 6.07) is 2.12. The maximum Gasteiger partial charge on any atom is 0.419 e. The second kappa shape index (κ2) is 5.04. The highest BCUT2D eigenvalue weighted by atomic mass is 19.4. The monoisotopic (exact) mass is 276 g/mol. The molecule has 0 aromatic carbocycles. The molecule has 0 spiro atoms. The molecule has 0 amide bonds. The van der Waals surface area contributed by atoms with Crippen LogP contribution in [-0.4, -0.2) is 41.9 Å². The standard InChI is InChI=1S/C11H11F3N2O3/c12-11(13,14)7-2-1-3-15-9(7)16-4-5-19-8(6-16)10(17)18/h1-3,8H,4-6H2,(H,17,18)/t8-/m1/s1. The number of ether oxygens (including phenoxy) is 1. The first-order valence-electron chi connectivity index (χ1n) is 5.51. The third kappa shape index (κ3) is 2.95. The smallest absolute Gasteiger partial charge is 0.419 e. The molecule has 0 bridgehead atoms. The quantitative estimate of drug-likeness (QED) is 0.884. The number of alkyl halides is 3. The predicted octanol–water partition coefficient (Wildman–Crippen LogP) is 1.39. The molecule has 0 aliphatic carbocycles. The van der Waals surface area contributed by atoms with Crippen molar-refractivity contribution in [2.75, 3.05) is 24.6 Å². The largest absolute Gasteiger partial charge is 0.479 e. The van der Waals surface area contributed by atoms with Crippen molar-refractivity contribution >= 4 is 11.8 Å². The van der Waals surface area contributed by atoms with Crippen LogP contribution in [0.15, 0.2) is 18.3 Å². The Morgan fingerprint density at radius 2 is 2.26 bits per heavy atom. The van der Waals surface area contributed by atoms with Gasteiger partial charge in [0.05, 0.1) is 18.7 Å². The lowest BCUT2D eigenvalue weighted by molar-refractivity contribution is -0.150. The first-order chi connectivity index (χ1) is 8.89. The third-order valence-electron chi connectivity index (χ3n) is 2.73. The maximum atomic E-state index is 12.8. The Morgan fingerprint density at radius 3 is 2.89 bits per heavy atom. The number of carboxylic acid groups (broad SMARTS) is 1. The molecule has 1 atom stereocenters. The van der Waals surface area contributed by atoms with Gasteiger partial charge in [0.1, 0.15) is 5.82 Å². The second-order valence-corrected chi connectivity index (χ2v) is 4.02. The van der Waals surface area contributed by atoms with E-state index >= 15 is 0 Å². The van der Waals surface area contributed by atoms with Crippen molar-refractivity contribution in [2.24, 2.45) is 0 Å². The van der Waals surface area contributed by atoms with Gasteiger partial charge in [-0.2, -0.15) is 13.2 Å². The number of hydrogen-bond acceptors (Lipinski definition) is 4. The maximum absolute atomic E-state index is 12.8. The molecular formula is C11H11F3N2O3. The van der Waals surface area contributed by atoms with Crippen LogP contribution >= 0.6 is 0 Å². The number of nitrogens with zero attached hydrogens (tertiary/aromatic N) is 2. The summed E-state index contributed by atoms with van der Waals surface area (Å²) in [6.45, 7) is 0.0597. The van der Waals surface area contributed by atoms with E-state index in [1.165, 1.54) is 17.2 Å². The normalized spacial score (nSPS) is 20.4. The van der Waals surface area contributed by atoms with Crippen LogP contribution in [0.2, 0.25) is 0 Å². The van der Waals surface area contributed by atoms with Crippen molar-refractivity contribution in [3.05, 3.63) is 23.9 Å². The highest BCUT2D eigenvalue weighted by Gasteiger charge is 2.37. The van der Waals surface area contributed by atoms with Crippen LogP contribution in [-0.2, 0) is 15.7 Å². The minimum Gasteiger partial charge on any atom is -0.479 e. The number of aliphatic carboxylic acids is 1. The van der Waals surface area contributed by atoms with Crippen molar-refractivity contribution in [1.82, 2.24) is 4.98 Å². The first kappa shape index (κ1) is 13.6. The van der Waals surface area contributed by atoms with Crippen LogP contribution in [0.25, 0.3) is 0 Å². The average Bonchev–Trinajstić information content (AvgIpc) is 2.38. The summed E-state index contributed by atoms with van der Waals surface area (Å²) in [5.74, 6) is -1.46. The Kier molecular flexibility index (Phi) is 3.61. The highest BCUT2D eigenvalue weighted by molar-refractivity contribution is 5.73. The van der Waals surface area contributed by atoms with Gasteiger partial charge in [-0.1, -0.05) is 0 Å². The van der Waals surface area contributed by atoms with E-state index in [1.54, 1.807) is 0 Å². The van der Waals surface area contributed by atoms with Crippen molar-refractivity contribution < 1.29 is 27.8 Å². The van der Waals surface area contributed by atoms with Gasteiger partial charge in [0, 0.05) is 12.7 Å². The van der Waals surface area contributed by atoms with Crippen molar-refractivity contribution in [3.8, 4) is 0 Å². The molecule has 0 unspecified atom stereocenters. The molecule has 8 heteroatoms. The summed E-state index contributed by atoms with van der Waals surface area (Å²) in [4.78, 5) is 15.8. The number of anilines is 1. The van der Waals surface area contributed by atoms with Crippen molar-refractivity contribution in [1.29, 1.82) is 0 Å². The molecule has 0 radical (unpaired) electrons. The number of carboxylic acids is 1.